The molecule has 0 spiro atoms. The van der Waals surface area contributed by atoms with E-state index in [2.05, 4.69) is 61.2 Å². The predicted octanol–water partition coefficient (Wildman–Crippen LogP) is 3.77. The highest BCUT2D eigenvalue weighted by Crippen LogP contribution is 2.24. The molecule has 114 valence electrons. The third-order valence-corrected chi connectivity index (χ3v) is 3.90. The van der Waals surface area contributed by atoms with Gasteiger partial charge in [-0.1, -0.05) is 31.5 Å². The van der Waals surface area contributed by atoms with Crippen molar-refractivity contribution in [3.8, 4) is 5.75 Å². The summed E-state index contributed by atoms with van der Waals surface area (Å²) in [6, 6.07) is 8.91. The minimum absolute atomic E-state index is 0.394. The maximum Gasteiger partial charge on any atom is 0.123 e. The minimum Gasteiger partial charge on any atom is -0.496 e. The van der Waals surface area contributed by atoms with E-state index in [1.807, 2.05) is 13.1 Å². The highest BCUT2D eigenvalue weighted by molar-refractivity contribution is 5.37. The SMILES string of the molecule is CNC(c1ccn(Cc2cc(C)ccc2OC)c1)C(C)C. The van der Waals surface area contributed by atoms with Gasteiger partial charge in [0.1, 0.15) is 5.75 Å². The number of ether oxygens (including phenoxy) is 1. The van der Waals surface area contributed by atoms with Crippen molar-refractivity contribution in [1.82, 2.24) is 9.88 Å². The summed E-state index contributed by atoms with van der Waals surface area (Å²) in [6.07, 6.45) is 4.37. The molecule has 0 saturated heterocycles. The molecular formula is C18H26N2O. The first-order chi connectivity index (χ1) is 10.0. The van der Waals surface area contributed by atoms with Crippen LogP contribution in [0.1, 0.15) is 36.6 Å². The summed E-state index contributed by atoms with van der Waals surface area (Å²) >= 11 is 0. The highest BCUT2D eigenvalue weighted by atomic mass is 16.5. The van der Waals surface area contributed by atoms with Gasteiger partial charge in [-0.2, -0.15) is 0 Å². The lowest BCUT2D eigenvalue weighted by Crippen LogP contribution is -2.21. The first-order valence-electron chi connectivity index (χ1n) is 7.51. The molecule has 1 unspecified atom stereocenters. The van der Waals surface area contributed by atoms with E-state index in [9.17, 15) is 0 Å². The van der Waals surface area contributed by atoms with Crippen LogP contribution in [0.5, 0.6) is 5.75 Å². The van der Waals surface area contributed by atoms with E-state index in [-0.39, 0.29) is 0 Å². The number of methoxy groups -OCH3 is 1. The first-order valence-corrected chi connectivity index (χ1v) is 7.51. The summed E-state index contributed by atoms with van der Waals surface area (Å²) in [5, 5.41) is 3.39. The van der Waals surface area contributed by atoms with E-state index in [4.69, 9.17) is 4.74 Å². The molecular weight excluding hydrogens is 260 g/mol. The third kappa shape index (κ3) is 3.67. The van der Waals surface area contributed by atoms with Crippen molar-refractivity contribution in [3.63, 3.8) is 0 Å². The summed E-state index contributed by atoms with van der Waals surface area (Å²) in [6.45, 7) is 7.42. The summed E-state index contributed by atoms with van der Waals surface area (Å²) in [7, 11) is 3.75. The maximum absolute atomic E-state index is 5.46. The second-order valence-corrected chi connectivity index (χ2v) is 5.94. The zero-order valence-corrected chi connectivity index (χ0v) is 13.7. The van der Waals surface area contributed by atoms with Crippen molar-refractivity contribution in [2.45, 2.75) is 33.4 Å². The van der Waals surface area contributed by atoms with Gasteiger partial charge in [0.25, 0.3) is 0 Å². The second kappa shape index (κ2) is 6.81. The molecule has 0 aliphatic rings. The maximum atomic E-state index is 5.46. The standard InChI is InChI=1S/C18H26N2O/c1-13(2)18(19-4)15-8-9-20(11-15)12-16-10-14(3)6-7-17(16)21-5/h6-11,13,18-19H,12H2,1-5H3. The predicted molar refractivity (Wildman–Crippen MR) is 87.9 cm³/mol. The van der Waals surface area contributed by atoms with Crippen molar-refractivity contribution in [3.05, 3.63) is 53.3 Å². The van der Waals surface area contributed by atoms with Crippen molar-refractivity contribution in [2.24, 2.45) is 5.92 Å². The zero-order valence-electron chi connectivity index (χ0n) is 13.7. The van der Waals surface area contributed by atoms with Gasteiger partial charge in [-0.3, -0.25) is 0 Å². The quantitative estimate of drug-likeness (QED) is 0.875. The Balaban J connectivity index is 2.21. The van der Waals surface area contributed by atoms with Crippen LogP contribution in [0.3, 0.4) is 0 Å². The lowest BCUT2D eigenvalue weighted by atomic mass is 9.99. The molecule has 0 aliphatic carbocycles. The molecule has 1 atom stereocenters. The van der Waals surface area contributed by atoms with Crippen LogP contribution >= 0.6 is 0 Å². The van der Waals surface area contributed by atoms with E-state index in [1.54, 1.807) is 7.11 Å². The molecule has 1 aromatic heterocycles. The normalized spacial score (nSPS) is 12.7. The van der Waals surface area contributed by atoms with Crippen LogP contribution in [0.2, 0.25) is 0 Å². The average molecular weight is 286 g/mol. The molecule has 2 aromatic rings. The lowest BCUT2D eigenvalue weighted by Gasteiger charge is -2.19. The molecule has 0 aliphatic heterocycles. The topological polar surface area (TPSA) is 26.2 Å². The smallest absolute Gasteiger partial charge is 0.123 e. The Hall–Kier alpha value is -1.74. The molecule has 21 heavy (non-hydrogen) atoms. The van der Waals surface area contributed by atoms with Gasteiger partial charge in [-0.05, 0) is 37.6 Å². The molecule has 0 fully saturated rings. The number of aryl methyl sites for hydroxylation is 1. The summed E-state index contributed by atoms with van der Waals surface area (Å²) < 4.78 is 7.68. The molecule has 1 aromatic carbocycles. The third-order valence-electron chi connectivity index (χ3n) is 3.90. The molecule has 3 nitrogen and oxygen atoms in total. The zero-order chi connectivity index (χ0) is 15.4. The number of benzene rings is 1. The Morgan fingerprint density at radius 1 is 1.24 bits per heavy atom. The van der Waals surface area contributed by atoms with Gasteiger partial charge >= 0.3 is 0 Å². The van der Waals surface area contributed by atoms with Gasteiger partial charge in [-0.25, -0.2) is 0 Å². The molecule has 1 heterocycles. The van der Waals surface area contributed by atoms with Crippen LogP contribution < -0.4 is 10.1 Å². The number of aromatic nitrogens is 1. The van der Waals surface area contributed by atoms with Crippen LogP contribution in [-0.4, -0.2) is 18.7 Å². The Labute approximate surface area is 127 Å². The van der Waals surface area contributed by atoms with Gasteiger partial charge in [0.2, 0.25) is 0 Å². The van der Waals surface area contributed by atoms with Crippen LogP contribution in [-0.2, 0) is 6.54 Å². The number of hydrogen-bond donors (Lipinski definition) is 1. The van der Waals surface area contributed by atoms with Gasteiger partial charge < -0.3 is 14.6 Å². The Morgan fingerprint density at radius 2 is 2.00 bits per heavy atom. The fourth-order valence-electron chi connectivity index (χ4n) is 2.85. The van der Waals surface area contributed by atoms with Crippen molar-refractivity contribution in [1.29, 1.82) is 0 Å². The van der Waals surface area contributed by atoms with Crippen LogP contribution in [0.15, 0.2) is 36.7 Å². The van der Waals surface area contributed by atoms with E-state index in [1.165, 1.54) is 16.7 Å². The van der Waals surface area contributed by atoms with Gasteiger partial charge in [0, 0.05) is 24.0 Å². The van der Waals surface area contributed by atoms with Crippen LogP contribution in [0.4, 0.5) is 0 Å². The molecule has 3 heteroatoms. The van der Waals surface area contributed by atoms with Gasteiger partial charge in [0.15, 0.2) is 0 Å². The highest BCUT2D eigenvalue weighted by Gasteiger charge is 2.14. The van der Waals surface area contributed by atoms with Gasteiger partial charge in [-0.15, -0.1) is 0 Å². The van der Waals surface area contributed by atoms with E-state index >= 15 is 0 Å². The Morgan fingerprint density at radius 3 is 2.62 bits per heavy atom. The largest absolute Gasteiger partial charge is 0.496 e. The molecule has 0 amide bonds. The second-order valence-electron chi connectivity index (χ2n) is 5.94. The molecule has 2 rings (SSSR count). The number of nitrogens with one attached hydrogen (secondary N) is 1. The van der Waals surface area contributed by atoms with E-state index in [0.717, 1.165) is 12.3 Å². The molecule has 0 bridgehead atoms. The first kappa shape index (κ1) is 15.6. The molecule has 1 N–H and O–H groups in total. The van der Waals surface area contributed by atoms with Crippen LogP contribution in [0, 0.1) is 12.8 Å². The fourth-order valence-corrected chi connectivity index (χ4v) is 2.85. The molecule has 0 saturated carbocycles. The summed E-state index contributed by atoms with van der Waals surface area (Å²) in [5.41, 5.74) is 3.80. The van der Waals surface area contributed by atoms with Crippen molar-refractivity contribution < 1.29 is 4.74 Å². The number of rotatable bonds is 6. The summed E-state index contributed by atoms with van der Waals surface area (Å²) in [5.74, 6) is 1.52. The lowest BCUT2D eigenvalue weighted by molar-refractivity contribution is 0.408. The summed E-state index contributed by atoms with van der Waals surface area (Å²) in [4.78, 5) is 0. The van der Waals surface area contributed by atoms with Crippen LogP contribution in [0.25, 0.3) is 0 Å². The Bertz CT molecular complexity index is 587. The number of hydrogen-bond acceptors (Lipinski definition) is 2. The van der Waals surface area contributed by atoms with Crippen molar-refractivity contribution >= 4 is 0 Å². The molecule has 0 radical (unpaired) electrons. The van der Waals surface area contributed by atoms with E-state index in [0.29, 0.717) is 12.0 Å². The Kier molecular flexibility index (Phi) is 5.07. The van der Waals surface area contributed by atoms with Gasteiger partial charge in [0.05, 0.1) is 13.7 Å². The fraction of sp³-hybridized carbons (Fsp3) is 0.444. The van der Waals surface area contributed by atoms with Crippen molar-refractivity contribution in [2.75, 3.05) is 14.2 Å². The monoisotopic (exact) mass is 286 g/mol. The average Bonchev–Trinajstić information content (AvgIpc) is 2.87. The van der Waals surface area contributed by atoms with E-state index < -0.39 is 0 Å². The number of nitrogens with zero attached hydrogens (tertiary/aromatic N) is 1. The minimum atomic E-state index is 0.394.